The minimum atomic E-state index is -0.509. The Labute approximate surface area is 190 Å². The van der Waals surface area contributed by atoms with Crippen LogP contribution in [0.3, 0.4) is 0 Å². The van der Waals surface area contributed by atoms with Gasteiger partial charge in [0.25, 0.3) is 11.1 Å². The average molecular weight is 447 g/mol. The molecule has 0 atom stereocenters. The first-order valence-electron chi connectivity index (χ1n) is 10.1. The van der Waals surface area contributed by atoms with Gasteiger partial charge in [0, 0.05) is 17.3 Å². The number of aryl methyl sites for hydroxylation is 3. The van der Waals surface area contributed by atoms with Crippen LogP contribution in [-0.4, -0.2) is 28.5 Å². The zero-order valence-corrected chi connectivity index (χ0v) is 18.8. The smallest absolute Gasteiger partial charge is 0.294 e. The molecule has 1 aliphatic heterocycles. The van der Waals surface area contributed by atoms with Crippen molar-refractivity contribution in [2.24, 2.45) is 0 Å². The Morgan fingerprint density at radius 1 is 1.03 bits per heavy atom. The van der Waals surface area contributed by atoms with Crippen LogP contribution in [0, 0.1) is 20.8 Å². The minimum absolute atomic E-state index is 0.222. The molecule has 0 radical (unpaired) electrons. The third-order valence-electron chi connectivity index (χ3n) is 5.08. The normalized spacial score (nSPS) is 15.0. The lowest BCUT2D eigenvalue weighted by Gasteiger charge is -2.15. The van der Waals surface area contributed by atoms with Crippen molar-refractivity contribution in [2.75, 3.05) is 11.9 Å². The molecule has 1 aromatic heterocycles. The molecule has 0 spiro atoms. The van der Waals surface area contributed by atoms with E-state index in [-0.39, 0.29) is 11.4 Å². The Balaban J connectivity index is 1.46. The summed E-state index contributed by atoms with van der Waals surface area (Å²) in [4.78, 5) is 38.9. The van der Waals surface area contributed by atoms with Crippen molar-refractivity contribution in [3.63, 3.8) is 0 Å². The molecule has 32 heavy (non-hydrogen) atoms. The van der Waals surface area contributed by atoms with Crippen LogP contribution in [0.25, 0.3) is 17.4 Å². The Morgan fingerprint density at radius 2 is 1.72 bits per heavy atom. The van der Waals surface area contributed by atoms with E-state index in [0.29, 0.717) is 17.2 Å². The number of nitrogens with one attached hydrogen (secondary N) is 1. The fourth-order valence-corrected chi connectivity index (χ4v) is 4.47. The standard InChI is InChI=1S/C25H22N2O4S/c1-15-11-16(2)23(17(3)12-15)26-22(28)14-27-24(29)21(32-25(27)30)13-19-9-10-20(31-19)18-7-5-4-6-8-18/h4-13H,14H2,1-3H3,(H,26,28)/b21-13-. The van der Waals surface area contributed by atoms with Crippen LogP contribution in [0.1, 0.15) is 22.5 Å². The van der Waals surface area contributed by atoms with Crippen molar-refractivity contribution >= 4 is 40.6 Å². The van der Waals surface area contributed by atoms with Crippen LogP contribution in [0.15, 0.2) is 63.9 Å². The lowest BCUT2D eigenvalue weighted by molar-refractivity contribution is -0.127. The number of thioether (sulfide) groups is 1. The van der Waals surface area contributed by atoms with Crippen LogP contribution in [0.2, 0.25) is 0 Å². The molecule has 162 valence electrons. The van der Waals surface area contributed by atoms with E-state index in [1.807, 2.05) is 69.3 Å². The van der Waals surface area contributed by atoms with E-state index in [4.69, 9.17) is 4.42 Å². The topological polar surface area (TPSA) is 79.6 Å². The van der Waals surface area contributed by atoms with E-state index in [9.17, 15) is 14.4 Å². The second kappa shape index (κ2) is 8.88. The summed E-state index contributed by atoms with van der Waals surface area (Å²) in [7, 11) is 0. The Hall–Kier alpha value is -3.58. The van der Waals surface area contributed by atoms with E-state index in [0.717, 1.165) is 38.9 Å². The molecule has 0 saturated carbocycles. The van der Waals surface area contributed by atoms with Crippen LogP contribution in [0.4, 0.5) is 10.5 Å². The van der Waals surface area contributed by atoms with Gasteiger partial charge in [-0.05, 0) is 55.8 Å². The highest BCUT2D eigenvalue weighted by Gasteiger charge is 2.36. The van der Waals surface area contributed by atoms with Crippen LogP contribution in [0.5, 0.6) is 0 Å². The van der Waals surface area contributed by atoms with Crippen molar-refractivity contribution in [3.05, 3.63) is 82.0 Å². The quantitative estimate of drug-likeness (QED) is 0.520. The van der Waals surface area contributed by atoms with Gasteiger partial charge in [-0.2, -0.15) is 0 Å². The van der Waals surface area contributed by atoms with Gasteiger partial charge in [-0.25, -0.2) is 0 Å². The van der Waals surface area contributed by atoms with Gasteiger partial charge in [-0.3, -0.25) is 19.3 Å². The number of rotatable bonds is 5. The molecule has 2 heterocycles. The zero-order chi connectivity index (χ0) is 22.8. The number of carbonyl (C=O) groups excluding carboxylic acids is 3. The summed E-state index contributed by atoms with van der Waals surface area (Å²) in [5.41, 5.74) is 4.57. The molecule has 4 rings (SSSR count). The van der Waals surface area contributed by atoms with Crippen molar-refractivity contribution in [2.45, 2.75) is 20.8 Å². The van der Waals surface area contributed by atoms with Gasteiger partial charge < -0.3 is 9.73 Å². The van der Waals surface area contributed by atoms with Gasteiger partial charge in [0.15, 0.2) is 0 Å². The number of amides is 3. The van der Waals surface area contributed by atoms with Crippen molar-refractivity contribution in [1.29, 1.82) is 0 Å². The molecular formula is C25H22N2O4S. The maximum absolute atomic E-state index is 12.8. The van der Waals surface area contributed by atoms with Crippen LogP contribution < -0.4 is 5.32 Å². The first-order chi connectivity index (χ1) is 15.3. The Morgan fingerprint density at radius 3 is 2.41 bits per heavy atom. The van der Waals surface area contributed by atoms with Crippen molar-refractivity contribution in [1.82, 2.24) is 4.90 Å². The highest BCUT2D eigenvalue weighted by molar-refractivity contribution is 8.18. The predicted molar refractivity (Wildman–Crippen MR) is 126 cm³/mol. The number of hydrogen-bond acceptors (Lipinski definition) is 5. The van der Waals surface area contributed by atoms with E-state index < -0.39 is 17.1 Å². The molecule has 0 unspecified atom stereocenters. The molecule has 7 heteroatoms. The highest BCUT2D eigenvalue weighted by atomic mass is 32.2. The van der Waals surface area contributed by atoms with Gasteiger partial charge in [-0.1, -0.05) is 48.0 Å². The number of imide groups is 1. The molecule has 0 aliphatic carbocycles. The maximum atomic E-state index is 12.8. The van der Waals surface area contributed by atoms with E-state index in [2.05, 4.69) is 5.32 Å². The van der Waals surface area contributed by atoms with Crippen molar-refractivity contribution < 1.29 is 18.8 Å². The second-order valence-electron chi connectivity index (χ2n) is 7.66. The molecule has 3 amide bonds. The predicted octanol–water partition coefficient (Wildman–Crippen LogP) is 5.55. The summed E-state index contributed by atoms with van der Waals surface area (Å²) in [6.07, 6.45) is 1.53. The highest BCUT2D eigenvalue weighted by Crippen LogP contribution is 2.33. The second-order valence-corrected chi connectivity index (χ2v) is 8.65. The monoisotopic (exact) mass is 446 g/mol. The fourth-order valence-electron chi connectivity index (χ4n) is 3.65. The number of hydrogen-bond donors (Lipinski definition) is 1. The molecular weight excluding hydrogens is 424 g/mol. The molecule has 0 bridgehead atoms. The van der Waals surface area contributed by atoms with E-state index >= 15 is 0 Å². The van der Waals surface area contributed by atoms with E-state index in [1.165, 1.54) is 6.08 Å². The summed E-state index contributed by atoms with van der Waals surface area (Å²) in [6, 6.07) is 17.1. The molecule has 1 fully saturated rings. The number of carbonyl (C=O) groups is 3. The maximum Gasteiger partial charge on any atom is 0.294 e. The summed E-state index contributed by atoms with van der Waals surface area (Å²) >= 11 is 0.797. The number of benzene rings is 2. The summed E-state index contributed by atoms with van der Waals surface area (Å²) in [6.45, 7) is 5.46. The molecule has 3 aromatic rings. The largest absolute Gasteiger partial charge is 0.457 e. The van der Waals surface area contributed by atoms with Gasteiger partial charge in [-0.15, -0.1) is 0 Å². The third-order valence-corrected chi connectivity index (χ3v) is 5.98. The summed E-state index contributed by atoms with van der Waals surface area (Å²) in [5.74, 6) is 0.196. The third kappa shape index (κ3) is 4.53. The Kier molecular flexibility index (Phi) is 6.01. The van der Waals surface area contributed by atoms with Gasteiger partial charge in [0.05, 0.1) is 4.91 Å². The molecule has 6 nitrogen and oxygen atoms in total. The Bertz CT molecular complexity index is 1220. The molecule has 1 aliphatic rings. The lowest BCUT2D eigenvalue weighted by Crippen LogP contribution is -2.36. The lowest BCUT2D eigenvalue weighted by atomic mass is 10.1. The van der Waals surface area contributed by atoms with Gasteiger partial charge in [0.1, 0.15) is 18.1 Å². The molecule has 2 aromatic carbocycles. The zero-order valence-electron chi connectivity index (χ0n) is 18.0. The van der Waals surface area contributed by atoms with Crippen molar-refractivity contribution in [3.8, 4) is 11.3 Å². The first kappa shape index (κ1) is 21.6. The molecule has 1 N–H and O–H groups in total. The summed E-state index contributed by atoms with van der Waals surface area (Å²) < 4.78 is 5.80. The van der Waals surface area contributed by atoms with Gasteiger partial charge >= 0.3 is 0 Å². The number of furan rings is 1. The van der Waals surface area contributed by atoms with E-state index in [1.54, 1.807) is 6.07 Å². The first-order valence-corrected chi connectivity index (χ1v) is 10.9. The fraction of sp³-hybridized carbons (Fsp3) is 0.160. The summed E-state index contributed by atoms with van der Waals surface area (Å²) in [5, 5.41) is 2.34. The number of anilines is 1. The SMILES string of the molecule is Cc1cc(C)c(NC(=O)CN2C(=O)S/C(=C\c3ccc(-c4ccccc4)o3)C2=O)c(C)c1. The van der Waals surface area contributed by atoms with Crippen LogP contribution >= 0.6 is 11.8 Å². The minimum Gasteiger partial charge on any atom is -0.457 e. The molecule has 1 saturated heterocycles. The van der Waals surface area contributed by atoms with Gasteiger partial charge in [0.2, 0.25) is 5.91 Å². The van der Waals surface area contributed by atoms with Crippen LogP contribution in [-0.2, 0) is 9.59 Å². The number of nitrogens with zero attached hydrogens (tertiary/aromatic N) is 1. The average Bonchev–Trinajstić information content (AvgIpc) is 3.32.